The minimum Gasteiger partial charge on any atom is -0.492 e. The molecule has 0 radical (unpaired) electrons. The molecule has 0 saturated heterocycles. The lowest BCUT2D eigenvalue weighted by Gasteiger charge is -2.11. The van der Waals surface area contributed by atoms with E-state index in [2.05, 4.69) is 22.5 Å². The van der Waals surface area contributed by atoms with E-state index >= 15 is 0 Å². The number of benzene rings is 1. The average Bonchev–Trinajstić information content (AvgIpc) is 2.38. The monoisotopic (exact) mass is 381 g/mol. The zero-order valence-corrected chi connectivity index (χ0v) is 13.6. The third-order valence-corrected chi connectivity index (χ3v) is 2.23. The quantitative estimate of drug-likeness (QED) is 0.344. The van der Waals surface area contributed by atoms with Gasteiger partial charge in [-0.2, -0.15) is 0 Å². The molecule has 0 aliphatic heterocycles. The molecule has 1 aromatic carbocycles. The van der Waals surface area contributed by atoms with Crippen LogP contribution in [-0.2, 0) is 0 Å². The molecule has 0 aliphatic carbocycles. The molecular weight excluding hydrogens is 360 g/mol. The Morgan fingerprint density at radius 3 is 2.68 bits per heavy atom. The van der Waals surface area contributed by atoms with Gasteiger partial charge in [-0.05, 0) is 18.6 Å². The van der Waals surface area contributed by atoms with Crippen LogP contribution in [0.3, 0.4) is 0 Å². The van der Waals surface area contributed by atoms with E-state index in [0.717, 1.165) is 18.9 Å². The van der Waals surface area contributed by atoms with Crippen molar-refractivity contribution < 1.29 is 9.13 Å². The zero-order valence-electron chi connectivity index (χ0n) is 11.3. The Labute approximate surface area is 130 Å². The van der Waals surface area contributed by atoms with Crippen LogP contribution < -0.4 is 15.4 Å². The Morgan fingerprint density at radius 2 is 2.05 bits per heavy atom. The molecule has 0 bridgehead atoms. The Hall–Kier alpha value is -1.05. The van der Waals surface area contributed by atoms with Gasteiger partial charge in [0.2, 0.25) is 0 Å². The van der Waals surface area contributed by atoms with Crippen LogP contribution in [0.5, 0.6) is 5.75 Å². The van der Waals surface area contributed by atoms with Crippen molar-refractivity contribution in [3.05, 3.63) is 30.1 Å². The summed E-state index contributed by atoms with van der Waals surface area (Å²) in [5, 5.41) is 6.26. The number of aliphatic imine (C=N–C) groups is 1. The van der Waals surface area contributed by atoms with Crippen molar-refractivity contribution >= 4 is 29.9 Å². The largest absolute Gasteiger partial charge is 0.492 e. The zero-order chi connectivity index (χ0) is 13.2. The number of nitrogens with one attached hydrogen (secondary N) is 2. The fraction of sp³-hybridized carbons (Fsp3) is 0.462. The van der Waals surface area contributed by atoms with Gasteiger partial charge in [-0.15, -0.1) is 24.0 Å². The van der Waals surface area contributed by atoms with Crippen LogP contribution in [0.25, 0.3) is 0 Å². The second-order valence-corrected chi connectivity index (χ2v) is 3.73. The molecule has 0 spiro atoms. The van der Waals surface area contributed by atoms with E-state index in [1.54, 1.807) is 19.2 Å². The Balaban J connectivity index is 0.00000324. The van der Waals surface area contributed by atoms with E-state index in [4.69, 9.17) is 4.74 Å². The van der Waals surface area contributed by atoms with Gasteiger partial charge >= 0.3 is 0 Å². The molecule has 1 rings (SSSR count). The highest BCUT2D eigenvalue weighted by Crippen LogP contribution is 2.11. The first kappa shape index (κ1) is 17.9. The van der Waals surface area contributed by atoms with Crippen LogP contribution in [0.15, 0.2) is 29.3 Å². The summed E-state index contributed by atoms with van der Waals surface area (Å²) in [6, 6.07) is 6.11. The van der Waals surface area contributed by atoms with Crippen molar-refractivity contribution in [3.63, 3.8) is 0 Å². The minimum atomic E-state index is -0.291. The fourth-order valence-corrected chi connectivity index (χ4v) is 1.36. The third-order valence-electron chi connectivity index (χ3n) is 2.23. The summed E-state index contributed by atoms with van der Waals surface area (Å²) >= 11 is 0. The van der Waals surface area contributed by atoms with Crippen LogP contribution in [-0.4, -0.2) is 32.7 Å². The van der Waals surface area contributed by atoms with Gasteiger partial charge in [0.15, 0.2) is 5.96 Å². The minimum absolute atomic E-state index is 0. The number of halogens is 2. The standard InChI is InChI=1S/C13H20FN3O.HI/c1-3-7-16-13(15-2)17-8-9-18-12-6-4-5-11(14)10-12;/h4-6,10H,3,7-9H2,1-2H3,(H2,15,16,17);1H. The maximum absolute atomic E-state index is 12.9. The maximum atomic E-state index is 12.9. The SMILES string of the molecule is CCCNC(=NC)NCCOc1cccc(F)c1.I. The summed E-state index contributed by atoms with van der Waals surface area (Å²) in [7, 11) is 1.72. The summed E-state index contributed by atoms with van der Waals surface area (Å²) in [5.74, 6) is 0.994. The third kappa shape index (κ3) is 7.86. The molecule has 2 N–H and O–H groups in total. The Morgan fingerprint density at radius 1 is 1.32 bits per heavy atom. The second kappa shape index (κ2) is 10.8. The number of rotatable bonds is 6. The normalized spacial score (nSPS) is 10.6. The van der Waals surface area contributed by atoms with Gasteiger partial charge in [0, 0.05) is 19.7 Å². The average molecular weight is 381 g/mol. The molecule has 0 fully saturated rings. The molecule has 6 heteroatoms. The first-order valence-corrected chi connectivity index (χ1v) is 6.09. The van der Waals surface area contributed by atoms with Crippen LogP contribution in [0.1, 0.15) is 13.3 Å². The first-order valence-electron chi connectivity index (χ1n) is 6.09. The van der Waals surface area contributed by atoms with Crippen molar-refractivity contribution in [1.29, 1.82) is 0 Å². The predicted octanol–water partition coefficient (Wildman–Crippen LogP) is 2.40. The van der Waals surface area contributed by atoms with Gasteiger partial charge < -0.3 is 15.4 Å². The second-order valence-electron chi connectivity index (χ2n) is 3.73. The van der Waals surface area contributed by atoms with Crippen LogP contribution in [0.2, 0.25) is 0 Å². The smallest absolute Gasteiger partial charge is 0.191 e. The predicted molar refractivity (Wildman–Crippen MR) is 87.0 cm³/mol. The lowest BCUT2D eigenvalue weighted by molar-refractivity contribution is 0.320. The molecule has 0 amide bonds. The maximum Gasteiger partial charge on any atom is 0.191 e. The molecule has 0 atom stereocenters. The molecule has 4 nitrogen and oxygen atoms in total. The lowest BCUT2D eigenvalue weighted by Crippen LogP contribution is -2.39. The lowest BCUT2D eigenvalue weighted by atomic mass is 10.3. The van der Waals surface area contributed by atoms with Crippen LogP contribution in [0.4, 0.5) is 4.39 Å². The van der Waals surface area contributed by atoms with Crippen molar-refractivity contribution in [1.82, 2.24) is 10.6 Å². The number of hydrogen-bond acceptors (Lipinski definition) is 2. The molecule has 0 aromatic heterocycles. The van der Waals surface area contributed by atoms with E-state index in [0.29, 0.717) is 18.9 Å². The molecule has 108 valence electrons. The number of guanidine groups is 1. The summed E-state index contributed by atoms with van der Waals surface area (Å²) in [6.07, 6.45) is 1.04. The summed E-state index contributed by atoms with van der Waals surface area (Å²) < 4.78 is 18.3. The highest BCUT2D eigenvalue weighted by Gasteiger charge is 1.97. The van der Waals surface area contributed by atoms with E-state index in [9.17, 15) is 4.39 Å². The Kier molecular flexibility index (Phi) is 10.2. The number of ether oxygens (including phenoxy) is 1. The van der Waals surface area contributed by atoms with E-state index in [1.807, 2.05) is 0 Å². The van der Waals surface area contributed by atoms with Crippen LogP contribution >= 0.6 is 24.0 Å². The molecule has 0 unspecified atom stereocenters. The molecule has 1 aromatic rings. The van der Waals surface area contributed by atoms with Crippen molar-refractivity contribution in [2.24, 2.45) is 4.99 Å². The van der Waals surface area contributed by atoms with Crippen molar-refractivity contribution in [2.75, 3.05) is 26.7 Å². The summed E-state index contributed by atoms with van der Waals surface area (Å²) in [4.78, 5) is 4.06. The van der Waals surface area contributed by atoms with Gasteiger partial charge in [-0.1, -0.05) is 13.0 Å². The first-order chi connectivity index (χ1) is 8.76. The Bertz CT molecular complexity index is 388. The topological polar surface area (TPSA) is 45.7 Å². The van der Waals surface area contributed by atoms with Gasteiger partial charge in [0.25, 0.3) is 0 Å². The highest BCUT2D eigenvalue weighted by molar-refractivity contribution is 14.0. The summed E-state index contributed by atoms with van der Waals surface area (Å²) in [6.45, 7) is 4.04. The van der Waals surface area contributed by atoms with Crippen molar-refractivity contribution in [2.45, 2.75) is 13.3 Å². The van der Waals surface area contributed by atoms with E-state index < -0.39 is 0 Å². The number of hydrogen-bond donors (Lipinski definition) is 2. The number of nitrogens with zero attached hydrogens (tertiary/aromatic N) is 1. The van der Waals surface area contributed by atoms with Gasteiger partial charge in [0.05, 0.1) is 6.54 Å². The fourth-order valence-electron chi connectivity index (χ4n) is 1.36. The van der Waals surface area contributed by atoms with Gasteiger partial charge in [-0.25, -0.2) is 4.39 Å². The molecular formula is C13H21FIN3O. The van der Waals surface area contributed by atoms with Crippen molar-refractivity contribution in [3.8, 4) is 5.75 Å². The molecule has 19 heavy (non-hydrogen) atoms. The molecule has 0 heterocycles. The molecule has 0 aliphatic rings. The van der Waals surface area contributed by atoms with Gasteiger partial charge in [0.1, 0.15) is 18.2 Å². The highest BCUT2D eigenvalue weighted by atomic mass is 127. The summed E-state index contributed by atoms with van der Waals surface area (Å²) in [5.41, 5.74) is 0. The molecule has 0 saturated carbocycles. The van der Waals surface area contributed by atoms with Crippen LogP contribution in [0, 0.1) is 5.82 Å². The van der Waals surface area contributed by atoms with Gasteiger partial charge in [-0.3, -0.25) is 4.99 Å². The van der Waals surface area contributed by atoms with E-state index in [1.165, 1.54) is 12.1 Å². The van der Waals surface area contributed by atoms with E-state index in [-0.39, 0.29) is 29.8 Å².